The molecule has 1 N–H and O–H groups in total. The SMILES string of the molecule is CCCNC(Cc1nc(-c2cccs2)no1)C(C)C. The van der Waals surface area contributed by atoms with Crippen LogP contribution in [-0.4, -0.2) is 22.7 Å². The van der Waals surface area contributed by atoms with E-state index in [0.717, 1.165) is 24.3 Å². The second-order valence-corrected chi connectivity index (χ2v) is 5.95. The first-order chi connectivity index (χ1) is 9.20. The van der Waals surface area contributed by atoms with E-state index in [0.29, 0.717) is 23.7 Å². The fourth-order valence-electron chi connectivity index (χ4n) is 1.91. The third-order valence-corrected chi connectivity index (χ3v) is 3.93. The summed E-state index contributed by atoms with van der Waals surface area (Å²) in [6, 6.07) is 4.39. The summed E-state index contributed by atoms with van der Waals surface area (Å²) in [5.41, 5.74) is 0. The van der Waals surface area contributed by atoms with Gasteiger partial charge in [0, 0.05) is 12.5 Å². The van der Waals surface area contributed by atoms with Crippen molar-refractivity contribution < 1.29 is 4.52 Å². The van der Waals surface area contributed by atoms with Crippen LogP contribution in [0.1, 0.15) is 33.1 Å². The first-order valence-electron chi connectivity index (χ1n) is 6.80. The third kappa shape index (κ3) is 3.88. The lowest BCUT2D eigenvalue weighted by Crippen LogP contribution is -2.36. The van der Waals surface area contributed by atoms with Gasteiger partial charge in [-0.05, 0) is 30.3 Å². The van der Waals surface area contributed by atoms with E-state index in [4.69, 9.17) is 4.52 Å². The number of hydrogen-bond acceptors (Lipinski definition) is 5. The van der Waals surface area contributed by atoms with Crippen LogP contribution < -0.4 is 5.32 Å². The van der Waals surface area contributed by atoms with Crippen molar-refractivity contribution in [3.8, 4) is 10.7 Å². The Bertz CT molecular complexity index is 479. The fourth-order valence-corrected chi connectivity index (χ4v) is 2.55. The molecule has 0 bridgehead atoms. The van der Waals surface area contributed by atoms with Crippen LogP contribution in [0.3, 0.4) is 0 Å². The van der Waals surface area contributed by atoms with Crippen molar-refractivity contribution in [2.75, 3.05) is 6.54 Å². The molecule has 5 heteroatoms. The maximum Gasteiger partial charge on any atom is 0.228 e. The molecule has 0 radical (unpaired) electrons. The van der Waals surface area contributed by atoms with E-state index >= 15 is 0 Å². The van der Waals surface area contributed by atoms with Crippen LogP contribution in [0.25, 0.3) is 10.7 Å². The average molecular weight is 279 g/mol. The Morgan fingerprint density at radius 1 is 1.42 bits per heavy atom. The summed E-state index contributed by atoms with van der Waals surface area (Å²) in [5.74, 6) is 1.96. The third-order valence-electron chi connectivity index (χ3n) is 3.07. The van der Waals surface area contributed by atoms with Gasteiger partial charge in [-0.1, -0.05) is 32.0 Å². The van der Waals surface area contributed by atoms with Gasteiger partial charge in [-0.2, -0.15) is 4.98 Å². The molecule has 0 saturated heterocycles. The van der Waals surface area contributed by atoms with Crippen LogP contribution in [-0.2, 0) is 6.42 Å². The first kappa shape index (κ1) is 14.2. The van der Waals surface area contributed by atoms with Gasteiger partial charge >= 0.3 is 0 Å². The Morgan fingerprint density at radius 3 is 2.89 bits per heavy atom. The second-order valence-electron chi connectivity index (χ2n) is 5.00. The maximum absolute atomic E-state index is 5.35. The monoisotopic (exact) mass is 279 g/mol. The van der Waals surface area contributed by atoms with Crippen molar-refractivity contribution in [1.29, 1.82) is 0 Å². The van der Waals surface area contributed by atoms with Crippen LogP contribution >= 0.6 is 11.3 Å². The number of aromatic nitrogens is 2. The highest BCUT2D eigenvalue weighted by Gasteiger charge is 2.17. The van der Waals surface area contributed by atoms with E-state index in [1.165, 1.54) is 0 Å². The maximum atomic E-state index is 5.35. The zero-order valence-corrected chi connectivity index (χ0v) is 12.5. The predicted molar refractivity (Wildman–Crippen MR) is 78.2 cm³/mol. The molecular weight excluding hydrogens is 258 g/mol. The largest absolute Gasteiger partial charge is 0.339 e. The van der Waals surface area contributed by atoms with E-state index in [-0.39, 0.29) is 0 Å². The molecule has 2 aromatic rings. The van der Waals surface area contributed by atoms with Gasteiger partial charge in [-0.15, -0.1) is 11.3 Å². The molecule has 1 unspecified atom stereocenters. The van der Waals surface area contributed by atoms with E-state index in [1.54, 1.807) is 11.3 Å². The number of thiophene rings is 1. The molecule has 2 aromatic heterocycles. The van der Waals surface area contributed by atoms with Crippen LogP contribution in [0, 0.1) is 5.92 Å². The first-order valence-corrected chi connectivity index (χ1v) is 7.68. The van der Waals surface area contributed by atoms with Gasteiger partial charge in [-0.3, -0.25) is 0 Å². The smallest absolute Gasteiger partial charge is 0.228 e. The van der Waals surface area contributed by atoms with E-state index in [9.17, 15) is 0 Å². The highest BCUT2D eigenvalue weighted by molar-refractivity contribution is 7.13. The fraction of sp³-hybridized carbons (Fsp3) is 0.571. The minimum Gasteiger partial charge on any atom is -0.339 e. The molecule has 0 aromatic carbocycles. The van der Waals surface area contributed by atoms with Crippen molar-refractivity contribution in [1.82, 2.24) is 15.5 Å². The van der Waals surface area contributed by atoms with Gasteiger partial charge in [-0.25, -0.2) is 0 Å². The molecule has 2 heterocycles. The zero-order chi connectivity index (χ0) is 13.7. The van der Waals surface area contributed by atoms with E-state index in [2.05, 4.69) is 36.2 Å². The standard InChI is InChI=1S/C14H21N3OS/c1-4-7-15-11(10(2)3)9-13-16-14(17-18-13)12-6-5-8-19-12/h5-6,8,10-11,15H,4,7,9H2,1-3H3. The molecule has 0 spiro atoms. The van der Waals surface area contributed by atoms with Crippen molar-refractivity contribution in [2.45, 2.75) is 39.7 Å². The van der Waals surface area contributed by atoms with Gasteiger partial charge in [0.1, 0.15) is 0 Å². The molecule has 4 nitrogen and oxygen atoms in total. The van der Waals surface area contributed by atoms with Crippen molar-refractivity contribution in [3.05, 3.63) is 23.4 Å². The molecule has 0 fully saturated rings. The van der Waals surface area contributed by atoms with E-state index < -0.39 is 0 Å². The lowest BCUT2D eigenvalue weighted by atomic mass is 10.0. The van der Waals surface area contributed by atoms with E-state index in [1.807, 2.05) is 17.5 Å². The Balaban J connectivity index is 2.01. The molecule has 104 valence electrons. The summed E-state index contributed by atoms with van der Waals surface area (Å²) >= 11 is 1.63. The molecule has 0 aliphatic carbocycles. The minimum atomic E-state index is 0.386. The second kappa shape index (κ2) is 6.82. The van der Waals surface area contributed by atoms with Gasteiger partial charge in [0.25, 0.3) is 0 Å². The summed E-state index contributed by atoms with van der Waals surface area (Å²) < 4.78 is 5.35. The molecule has 0 aliphatic heterocycles. The Morgan fingerprint density at radius 2 is 2.26 bits per heavy atom. The van der Waals surface area contributed by atoms with Crippen molar-refractivity contribution in [3.63, 3.8) is 0 Å². The van der Waals surface area contributed by atoms with Crippen LogP contribution in [0.5, 0.6) is 0 Å². The topological polar surface area (TPSA) is 51.0 Å². The van der Waals surface area contributed by atoms with Gasteiger partial charge in [0.15, 0.2) is 0 Å². The summed E-state index contributed by atoms with van der Waals surface area (Å²) in [5, 5.41) is 9.60. The summed E-state index contributed by atoms with van der Waals surface area (Å²) in [6.07, 6.45) is 1.92. The van der Waals surface area contributed by atoms with Gasteiger partial charge < -0.3 is 9.84 Å². The molecule has 2 rings (SSSR count). The Labute approximate surface area is 118 Å². The predicted octanol–water partition coefficient (Wildman–Crippen LogP) is 3.36. The quantitative estimate of drug-likeness (QED) is 0.844. The summed E-state index contributed by atoms with van der Waals surface area (Å²) in [4.78, 5) is 5.53. The lowest BCUT2D eigenvalue weighted by molar-refractivity contribution is 0.326. The van der Waals surface area contributed by atoms with Crippen LogP contribution in [0.15, 0.2) is 22.0 Å². The zero-order valence-electron chi connectivity index (χ0n) is 11.7. The number of hydrogen-bond donors (Lipinski definition) is 1. The highest BCUT2D eigenvalue weighted by atomic mass is 32.1. The Hall–Kier alpha value is -1.20. The van der Waals surface area contributed by atoms with Gasteiger partial charge in [0.05, 0.1) is 4.88 Å². The average Bonchev–Trinajstić information content (AvgIpc) is 3.04. The molecule has 19 heavy (non-hydrogen) atoms. The number of nitrogens with zero attached hydrogens (tertiary/aromatic N) is 2. The lowest BCUT2D eigenvalue weighted by Gasteiger charge is -2.20. The van der Waals surface area contributed by atoms with Crippen LogP contribution in [0.4, 0.5) is 0 Å². The number of rotatable bonds is 7. The normalized spacial score (nSPS) is 13.1. The van der Waals surface area contributed by atoms with Crippen molar-refractivity contribution in [2.24, 2.45) is 5.92 Å². The summed E-state index contributed by atoms with van der Waals surface area (Å²) in [6.45, 7) is 7.62. The molecule has 1 atom stereocenters. The van der Waals surface area contributed by atoms with Gasteiger partial charge in [0.2, 0.25) is 11.7 Å². The van der Waals surface area contributed by atoms with Crippen molar-refractivity contribution >= 4 is 11.3 Å². The molecular formula is C14H21N3OS. The number of nitrogens with one attached hydrogen (secondary N) is 1. The molecule has 0 saturated carbocycles. The molecule has 0 amide bonds. The van der Waals surface area contributed by atoms with Crippen LogP contribution in [0.2, 0.25) is 0 Å². The summed E-state index contributed by atoms with van der Waals surface area (Å²) in [7, 11) is 0. The molecule has 0 aliphatic rings. The Kier molecular flexibility index (Phi) is 5.10. The minimum absolute atomic E-state index is 0.386. The highest BCUT2D eigenvalue weighted by Crippen LogP contribution is 2.22.